The van der Waals surface area contributed by atoms with Crippen LogP contribution >= 0.6 is 35.0 Å². The molecule has 1 aromatic carbocycles. The van der Waals surface area contributed by atoms with Gasteiger partial charge in [0.15, 0.2) is 0 Å². The first-order chi connectivity index (χ1) is 11.1. The zero-order chi connectivity index (χ0) is 16.4. The number of benzene rings is 1. The highest BCUT2D eigenvalue weighted by Crippen LogP contribution is 2.34. The highest BCUT2D eigenvalue weighted by atomic mass is 35.5. The Balaban J connectivity index is 1.87. The van der Waals surface area contributed by atoms with E-state index in [-0.39, 0.29) is 0 Å². The molecule has 2 nitrogen and oxygen atoms in total. The van der Waals surface area contributed by atoms with Crippen LogP contribution in [0.25, 0.3) is 0 Å². The van der Waals surface area contributed by atoms with E-state index in [9.17, 15) is 5.26 Å². The molecule has 3 rings (SSSR count). The van der Waals surface area contributed by atoms with Crippen LogP contribution in [0.3, 0.4) is 0 Å². The summed E-state index contributed by atoms with van der Waals surface area (Å²) in [5.74, 6) is 1.27. The number of aromatic nitrogens is 1. The van der Waals surface area contributed by atoms with Gasteiger partial charge in [-0.15, -0.1) is 11.8 Å². The third-order valence-corrected chi connectivity index (χ3v) is 5.86. The smallest absolute Gasteiger partial charge is 0.114 e. The van der Waals surface area contributed by atoms with Crippen LogP contribution < -0.4 is 0 Å². The van der Waals surface area contributed by atoms with Gasteiger partial charge in [-0.05, 0) is 54.5 Å². The van der Waals surface area contributed by atoms with Gasteiger partial charge in [-0.25, -0.2) is 4.98 Å². The lowest BCUT2D eigenvalue weighted by atomic mass is 9.87. The molecule has 0 amide bonds. The van der Waals surface area contributed by atoms with Crippen molar-refractivity contribution in [2.24, 2.45) is 5.92 Å². The summed E-state index contributed by atoms with van der Waals surface area (Å²) in [5.41, 5.74) is 3.89. The third-order valence-electron chi connectivity index (χ3n) is 4.13. The number of pyridine rings is 1. The maximum atomic E-state index is 9.44. The van der Waals surface area contributed by atoms with E-state index in [2.05, 4.69) is 13.0 Å². The fourth-order valence-corrected chi connectivity index (χ4v) is 4.54. The minimum atomic E-state index is 0.607. The number of fused-ring (bicyclic) bond motifs is 1. The summed E-state index contributed by atoms with van der Waals surface area (Å²) in [6.07, 6.45) is 3.16. The first kappa shape index (κ1) is 16.6. The van der Waals surface area contributed by atoms with E-state index in [1.165, 1.54) is 17.3 Å². The van der Waals surface area contributed by atoms with Crippen molar-refractivity contribution < 1.29 is 0 Å². The van der Waals surface area contributed by atoms with E-state index in [0.717, 1.165) is 35.5 Å². The molecule has 1 aliphatic rings. The molecule has 118 valence electrons. The van der Waals surface area contributed by atoms with Gasteiger partial charge < -0.3 is 0 Å². The third kappa shape index (κ3) is 3.66. The molecule has 1 aromatic heterocycles. The van der Waals surface area contributed by atoms with E-state index in [0.29, 0.717) is 27.3 Å². The molecule has 0 bridgehead atoms. The molecule has 1 atom stereocenters. The minimum Gasteiger partial charge on any atom is -0.245 e. The van der Waals surface area contributed by atoms with Crippen molar-refractivity contribution in [1.29, 1.82) is 5.26 Å². The van der Waals surface area contributed by atoms with Gasteiger partial charge in [-0.1, -0.05) is 36.2 Å². The molecular weight excluding hydrogens is 347 g/mol. The average Bonchev–Trinajstić information content (AvgIpc) is 2.53. The Kier molecular flexibility index (Phi) is 5.16. The first-order valence-corrected chi connectivity index (χ1v) is 9.31. The molecule has 0 fully saturated rings. The second kappa shape index (κ2) is 7.13. The van der Waals surface area contributed by atoms with Crippen LogP contribution in [-0.2, 0) is 18.6 Å². The fraction of sp³-hybridized carbons (Fsp3) is 0.333. The highest BCUT2D eigenvalue weighted by molar-refractivity contribution is 7.98. The minimum absolute atomic E-state index is 0.607. The van der Waals surface area contributed by atoms with Crippen LogP contribution in [0.15, 0.2) is 29.3 Å². The van der Waals surface area contributed by atoms with Crippen LogP contribution in [0.1, 0.15) is 35.7 Å². The van der Waals surface area contributed by atoms with Crippen molar-refractivity contribution >= 4 is 35.0 Å². The van der Waals surface area contributed by atoms with E-state index in [1.807, 2.05) is 24.3 Å². The summed E-state index contributed by atoms with van der Waals surface area (Å²) in [6.45, 7) is 2.25. The van der Waals surface area contributed by atoms with Crippen molar-refractivity contribution in [3.05, 3.63) is 56.7 Å². The number of halogens is 2. The number of nitriles is 1. The van der Waals surface area contributed by atoms with Gasteiger partial charge in [0.25, 0.3) is 0 Å². The molecule has 0 spiro atoms. The number of thioether (sulfide) groups is 1. The van der Waals surface area contributed by atoms with Crippen LogP contribution in [0.5, 0.6) is 0 Å². The maximum Gasteiger partial charge on any atom is 0.114 e. The number of rotatable bonds is 3. The fourth-order valence-electron chi connectivity index (χ4n) is 2.83. The lowest BCUT2D eigenvalue weighted by Gasteiger charge is -2.21. The first-order valence-electron chi connectivity index (χ1n) is 7.57. The molecule has 0 N–H and O–H groups in total. The Bertz CT molecular complexity index is 763. The standard InChI is InChI=1S/C18H16Cl2N2S/c1-11-5-6-17-12(7-11)8-13(9-21)18(22-17)23-10-14-15(19)3-2-4-16(14)20/h2-4,8,11H,5-7,10H2,1H3. The second-order valence-corrected chi connectivity index (χ2v) is 7.67. The number of aryl methyl sites for hydroxylation is 1. The Morgan fingerprint density at radius 1 is 1.35 bits per heavy atom. The largest absolute Gasteiger partial charge is 0.245 e. The molecular formula is C18H16Cl2N2S. The predicted octanol–water partition coefficient (Wildman–Crippen LogP) is 5.68. The van der Waals surface area contributed by atoms with Gasteiger partial charge >= 0.3 is 0 Å². The summed E-state index contributed by atoms with van der Waals surface area (Å²) in [6, 6.07) is 9.78. The molecule has 0 radical (unpaired) electrons. The lowest BCUT2D eigenvalue weighted by molar-refractivity contribution is 0.491. The number of nitrogens with zero attached hydrogens (tertiary/aromatic N) is 2. The van der Waals surface area contributed by atoms with Crippen LogP contribution in [0.2, 0.25) is 10.0 Å². The topological polar surface area (TPSA) is 36.7 Å². The van der Waals surface area contributed by atoms with Crippen molar-refractivity contribution in [3.8, 4) is 6.07 Å². The van der Waals surface area contributed by atoms with Crippen molar-refractivity contribution in [2.45, 2.75) is 37.0 Å². The summed E-state index contributed by atoms with van der Waals surface area (Å²) in [7, 11) is 0. The Hall–Kier alpha value is -1.21. The van der Waals surface area contributed by atoms with E-state index < -0.39 is 0 Å². The van der Waals surface area contributed by atoms with Gasteiger partial charge in [0.1, 0.15) is 11.1 Å². The molecule has 1 unspecified atom stereocenters. The van der Waals surface area contributed by atoms with E-state index >= 15 is 0 Å². The molecule has 0 saturated heterocycles. The Morgan fingerprint density at radius 2 is 2.09 bits per heavy atom. The molecule has 23 heavy (non-hydrogen) atoms. The molecule has 5 heteroatoms. The predicted molar refractivity (Wildman–Crippen MR) is 96.2 cm³/mol. The van der Waals surface area contributed by atoms with Crippen molar-refractivity contribution in [1.82, 2.24) is 4.98 Å². The Labute approximate surface area is 150 Å². The SMILES string of the molecule is CC1CCc2nc(SCc3c(Cl)cccc3Cl)c(C#N)cc2C1. The highest BCUT2D eigenvalue weighted by Gasteiger charge is 2.19. The zero-order valence-electron chi connectivity index (χ0n) is 12.8. The van der Waals surface area contributed by atoms with E-state index in [4.69, 9.17) is 28.2 Å². The number of hydrogen-bond donors (Lipinski definition) is 0. The summed E-state index contributed by atoms with van der Waals surface area (Å²) in [4.78, 5) is 4.75. The quantitative estimate of drug-likeness (QED) is 0.659. The maximum absolute atomic E-state index is 9.44. The molecule has 0 aliphatic heterocycles. The van der Waals surface area contributed by atoms with E-state index in [1.54, 1.807) is 0 Å². The van der Waals surface area contributed by atoms with Crippen molar-refractivity contribution in [3.63, 3.8) is 0 Å². The Morgan fingerprint density at radius 3 is 2.78 bits per heavy atom. The van der Waals surface area contributed by atoms with Gasteiger partial charge in [0, 0.05) is 21.5 Å². The second-order valence-electron chi connectivity index (χ2n) is 5.90. The van der Waals surface area contributed by atoms with Crippen molar-refractivity contribution in [2.75, 3.05) is 0 Å². The van der Waals surface area contributed by atoms with Gasteiger partial charge in [-0.3, -0.25) is 0 Å². The summed E-state index contributed by atoms with van der Waals surface area (Å²) < 4.78 is 0. The molecule has 1 aliphatic carbocycles. The normalized spacial score (nSPS) is 16.7. The summed E-state index contributed by atoms with van der Waals surface area (Å²) in [5, 5.41) is 11.5. The van der Waals surface area contributed by atoms with Gasteiger partial charge in [0.05, 0.1) is 5.56 Å². The van der Waals surface area contributed by atoms with Crippen LogP contribution in [0.4, 0.5) is 0 Å². The zero-order valence-corrected chi connectivity index (χ0v) is 15.1. The summed E-state index contributed by atoms with van der Waals surface area (Å²) >= 11 is 14.0. The average molecular weight is 363 g/mol. The van der Waals surface area contributed by atoms with Crippen LogP contribution in [0, 0.1) is 17.2 Å². The van der Waals surface area contributed by atoms with Gasteiger partial charge in [-0.2, -0.15) is 5.26 Å². The monoisotopic (exact) mass is 362 g/mol. The molecule has 0 saturated carbocycles. The lowest BCUT2D eigenvalue weighted by Crippen LogP contribution is -2.14. The van der Waals surface area contributed by atoms with Gasteiger partial charge in [0.2, 0.25) is 0 Å². The van der Waals surface area contributed by atoms with Crippen LogP contribution in [-0.4, -0.2) is 4.98 Å². The molecule has 1 heterocycles. The number of hydrogen-bond acceptors (Lipinski definition) is 3. The molecule has 2 aromatic rings.